The summed E-state index contributed by atoms with van der Waals surface area (Å²) in [5.41, 5.74) is 3.55. The summed E-state index contributed by atoms with van der Waals surface area (Å²) in [5, 5.41) is 6.76. The van der Waals surface area contributed by atoms with E-state index in [1.807, 2.05) is 32.0 Å². The largest absolute Gasteiger partial charge is 0.375 e. The first-order valence-electron chi connectivity index (χ1n) is 6.53. The molecule has 2 aromatic rings. The summed E-state index contributed by atoms with van der Waals surface area (Å²) < 4.78 is 0. The van der Waals surface area contributed by atoms with Crippen molar-refractivity contribution >= 4 is 40.5 Å². The minimum absolute atomic E-state index is 0.119. The predicted molar refractivity (Wildman–Crippen MR) is 89.5 cm³/mol. The van der Waals surface area contributed by atoms with Crippen LogP contribution in [0.15, 0.2) is 36.4 Å². The molecule has 0 saturated carbocycles. The van der Waals surface area contributed by atoms with Crippen LogP contribution in [0.5, 0.6) is 0 Å². The molecule has 21 heavy (non-hydrogen) atoms. The highest BCUT2D eigenvalue weighted by Crippen LogP contribution is 2.29. The van der Waals surface area contributed by atoms with Gasteiger partial charge in [-0.3, -0.25) is 4.79 Å². The first kappa shape index (κ1) is 15.7. The lowest BCUT2D eigenvalue weighted by atomic mass is 10.1. The molecule has 0 aliphatic carbocycles. The summed E-state index contributed by atoms with van der Waals surface area (Å²) >= 11 is 12.0. The van der Waals surface area contributed by atoms with E-state index in [0.717, 1.165) is 16.8 Å². The third kappa shape index (κ3) is 3.90. The Morgan fingerprint density at radius 2 is 1.67 bits per heavy atom. The van der Waals surface area contributed by atoms with Crippen LogP contribution < -0.4 is 10.6 Å². The van der Waals surface area contributed by atoms with Crippen molar-refractivity contribution < 1.29 is 4.79 Å². The maximum atomic E-state index is 12.0. The number of nitrogens with one attached hydrogen (secondary N) is 2. The number of halogens is 2. The van der Waals surface area contributed by atoms with Gasteiger partial charge in [0.1, 0.15) is 0 Å². The van der Waals surface area contributed by atoms with Crippen LogP contribution in [-0.4, -0.2) is 12.5 Å². The Hall–Kier alpha value is -1.71. The predicted octanol–water partition coefficient (Wildman–Crippen LogP) is 4.66. The van der Waals surface area contributed by atoms with Crippen molar-refractivity contribution in [2.24, 2.45) is 0 Å². The molecule has 0 aliphatic rings. The second-order valence-electron chi connectivity index (χ2n) is 4.77. The van der Waals surface area contributed by atoms with Gasteiger partial charge >= 0.3 is 0 Å². The highest BCUT2D eigenvalue weighted by atomic mass is 35.5. The lowest BCUT2D eigenvalue weighted by Crippen LogP contribution is -2.22. The van der Waals surface area contributed by atoms with Crippen LogP contribution in [0.25, 0.3) is 0 Å². The Morgan fingerprint density at radius 3 is 2.33 bits per heavy atom. The number of rotatable bonds is 4. The summed E-state index contributed by atoms with van der Waals surface area (Å²) in [6.45, 7) is 4.04. The van der Waals surface area contributed by atoms with E-state index in [1.54, 1.807) is 18.2 Å². The van der Waals surface area contributed by atoms with Gasteiger partial charge in [0.05, 0.1) is 22.3 Å². The maximum Gasteiger partial charge on any atom is 0.243 e. The van der Waals surface area contributed by atoms with E-state index in [-0.39, 0.29) is 12.5 Å². The molecule has 1 amide bonds. The molecule has 0 bridgehead atoms. The van der Waals surface area contributed by atoms with Gasteiger partial charge in [0, 0.05) is 5.69 Å². The lowest BCUT2D eigenvalue weighted by Gasteiger charge is -2.13. The summed E-state index contributed by atoms with van der Waals surface area (Å²) in [5.74, 6) is -0.136. The summed E-state index contributed by atoms with van der Waals surface area (Å²) in [6, 6.07) is 11.1. The van der Waals surface area contributed by atoms with Gasteiger partial charge in [-0.25, -0.2) is 0 Å². The van der Waals surface area contributed by atoms with Crippen molar-refractivity contribution in [1.82, 2.24) is 0 Å². The Morgan fingerprint density at radius 1 is 1.05 bits per heavy atom. The number of para-hydroxylation sites is 1. The molecule has 5 heteroatoms. The van der Waals surface area contributed by atoms with Crippen molar-refractivity contribution in [3.8, 4) is 0 Å². The van der Waals surface area contributed by atoms with E-state index >= 15 is 0 Å². The van der Waals surface area contributed by atoms with E-state index in [9.17, 15) is 4.79 Å². The molecule has 0 aromatic heterocycles. The number of hydrogen-bond donors (Lipinski definition) is 2. The number of hydrogen-bond acceptors (Lipinski definition) is 2. The van der Waals surface area contributed by atoms with Crippen LogP contribution in [0.4, 0.5) is 11.4 Å². The van der Waals surface area contributed by atoms with E-state index in [2.05, 4.69) is 10.6 Å². The number of aryl methyl sites for hydroxylation is 2. The highest BCUT2D eigenvalue weighted by molar-refractivity contribution is 6.43. The molecule has 110 valence electrons. The normalized spacial score (nSPS) is 10.3. The first-order valence-corrected chi connectivity index (χ1v) is 7.28. The Balaban J connectivity index is 2.01. The van der Waals surface area contributed by atoms with Crippen molar-refractivity contribution in [1.29, 1.82) is 0 Å². The number of amides is 1. The zero-order chi connectivity index (χ0) is 15.4. The standard InChI is InChI=1S/C16H16Cl2N2O/c1-10-5-3-6-11(2)16(10)20-14(21)9-19-13-8-4-7-12(17)15(13)18/h3-8,19H,9H2,1-2H3,(H,20,21). The van der Waals surface area contributed by atoms with Gasteiger partial charge in [0.2, 0.25) is 5.91 Å². The van der Waals surface area contributed by atoms with E-state index in [1.165, 1.54) is 0 Å². The van der Waals surface area contributed by atoms with Crippen molar-refractivity contribution in [2.75, 3.05) is 17.2 Å². The second-order valence-corrected chi connectivity index (χ2v) is 5.56. The van der Waals surface area contributed by atoms with Crippen LogP contribution in [0.2, 0.25) is 10.0 Å². The van der Waals surface area contributed by atoms with Gasteiger partial charge in [-0.15, -0.1) is 0 Å². The Labute approximate surface area is 134 Å². The molecule has 2 aromatic carbocycles. The molecule has 3 nitrogen and oxygen atoms in total. The van der Waals surface area contributed by atoms with Gasteiger partial charge in [-0.1, -0.05) is 47.5 Å². The van der Waals surface area contributed by atoms with Gasteiger partial charge in [-0.2, -0.15) is 0 Å². The lowest BCUT2D eigenvalue weighted by molar-refractivity contribution is -0.114. The molecule has 0 aliphatic heterocycles. The maximum absolute atomic E-state index is 12.0. The third-order valence-corrected chi connectivity index (χ3v) is 3.96. The highest BCUT2D eigenvalue weighted by Gasteiger charge is 2.09. The molecule has 0 unspecified atom stereocenters. The molecular weight excluding hydrogens is 307 g/mol. The van der Waals surface area contributed by atoms with Crippen molar-refractivity contribution in [2.45, 2.75) is 13.8 Å². The second kappa shape index (κ2) is 6.83. The van der Waals surface area contributed by atoms with Crippen molar-refractivity contribution in [3.05, 3.63) is 57.6 Å². The van der Waals surface area contributed by atoms with Crippen LogP contribution in [-0.2, 0) is 4.79 Å². The minimum Gasteiger partial charge on any atom is -0.375 e. The SMILES string of the molecule is Cc1cccc(C)c1NC(=O)CNc1cccc(Cl)c1Cl. The average molecular weight is 323 g/mol. The van der Waals surface area contributed by atoms with Crippen LogP contribution in [0.1, 0.15) is 11.1 Å². The monoisotopic (exact) mass is 322 g/mol. The molecule has 0 radical (unpaired) electrons. The molecule has 0 saturated heterocycles. The molecule has 0 heterocycles. The molecule has 0 spiro atoms. The van der Waals surface area contributed by atoms with E-state index in [0.29, 0.717) is 15.7 Å². The Kier molecular flexibility index (Phi) is 5.10. The number of carbonyl (C=O) groups excluding carboxylic acids is 1. The number of benzene rings is 2. The Bertz CT molecular complexity index is 651. The fourth-order valence-corrected chi connectivity index (χ4v) is 2.38. The van der Waals surface area contributed by atoms with Gasteiger partial charge < -0.3 is 10.6 Å². The van der Waals surface area contributed by atoms with Crippen molar-refractivity contribution in [3.63, 3.8) is 0 Å². The van der Waals surface area contributed by atoms with E-state index in [4.69, 9.17) is 23.2 Å². The summed E-state index contributed by atoms with van der Waals surface area (Å²) in [6.07, 6.45) is 0. The van der Waals surface area contributed by atoms with E-state index < -0.39 is 0 Å². The van der Waals surface area contributed by atoms with Crippen LogP contribution in [0, 0.1) is 13.8 Å². The molecule has 2 N–H and O–H groups in total. The quantitative estimate of drug-likeness (QED) is 0.859. The fraction of sp³-hybridized carbons (Fsp3) is 0.188. The zero-order valence-electron chi connectivity index (χ0n) is 11.8. The van der Waals surface area contributed by atoms with Crippen LogP contribution in [0.3, 0.4) is 0 Å². The smallest absolute Gasteiger partial charge is 0.243 e. The molecular formula is C16H16Cl2N2O. The number of carbonyl (C=O) groups is 1. The topological polar surface area (TPSA) is 41.1 Å². The van der Waals surface area contributed by atoms with Gasteiger partial charge in [-0.05, 0) is 37.1 Å². The summed E-state index contributed by atoms with van der Waals surface area (Å²) in [7, 11) is 0. The fourth-order valence-electron chi connectivity index (χ4n) is 2.01. The van der Waals surface area contributed by atoms with Gasteiger partial charge in [0.15, 0.2) is 0 Å². The molecule has 2 rings (SSSR count). The third-order valence-electron chi connectivity index (χ3n) is 3.14. The minimum atomic E-state index is -0.136. The van der Waals surface area contributed by atoms with Gasteiger partial charge in [0.25, 0.3) is 0 Å². The summed E-state index contributed by atoms with van der Waals surface area (Å²) in [4.78, 5) is 12.0. The zero-order valence-corrected chi connectivity index (χ0v) is 13.3. The van der Waals surface area contributed by atoms with Crippen LogP contribution >= 0.6 is 23.2 Å². The molecule has 0 atom stereocenters. The molecule has 0 fully saturated rings. The first-order chi connectivity index (χ1) is 9.99. The average Bonchev–Trinajstić information content (AvgIpc) is 2.45. The number of anilines is 2.